The fraction of sp³-hybridized carbons (Fsp3) is 1.00. The molecule has 192 valence electrons. The lowest BCUT2D eigenvalue weighted by atomic mass is 9.39. The van der Waals surface area contributed by atoms with Crippen LogP contribution < -0.4 is 0 Å². The van der Waals surface area contributed by atoms with Gasteiger partial charge in [0.2, 0.25) is 0 Å². The summed E-state index contributed by atoms with van der Waals surface area (Å²) >= 11 is 0. The van der Waals surface area contributed by atoms with E-state index in [4.69, 9.17) is 4.74 Å². The average molecular weight is 463 g/mol. The first-order chi connectivity index (χ1) is 15.3. The molecule has 0 aromatic carbocycles. The molecule has 3 saturated carbocycles. The molecule has 1 heterocycles. The van der Waals surface area contributed by atoms with Crippen LogP contribution in [0.1, 0.15) is 120 Å². The highest BCUT2D eigenvalue weighted by Crippen LogP contribution is 2.77. The molecule has 9 atom stereocenters. The van der Waals surface area contributed by atoms with Crippen molar-refractivity contribution in [2.75, 3.05) is 6.61 Å². The lowest BCUT2D eigenvalue weighted by Gasteiger charge is -2.65. The molecule has 0 aromatic heterocycles. The second-order valence-electron chi connectivity index (χ2n) is 14.4. The Hall–Kier alpha value is -0.120. The lowest BCUT2D eigenvalue weighted by Crippen LogP contribution is -2.61. The number of ether oxygens (including phenoxy) is 1. The van der Waals surface area contributed by atoms with Crippen molar-refractivity contribution in [3.63, 3.8) is 0 Å². The minimum absolute atomic E-state index is 0.00721. The fourth-order valence-electron chi connectivity index (χ4n) is 10.1. The lowest BCUT2D eigenvalue weighted by molar-refractivity contribution is -0.172. The van der Waals surface area contributed by atoms with Crippen molar-refractivity contribution in [2.45, 2.75) is 137 Å². The van der Waals surface area contributed by atoms with Gasteiger partial charge in [0, 0.05) is 6.61 Å². The maximum absolute atomic E-state index is 10.4. The van der Waals surface area contributed by atoms with Crippen LogP contribution >= 0.6 is 0 Å². The van der Waals surface area contributed by atoms with Crippen molar-refractivity contribution in [3.8, 4) is 0 Å². The summed E-state index contributed by atoms with van der Waals surface area (Å²) in [5.41, 5.74) is 1.11. The van der Waals surface area contributed by atoms with Gasteiger partial charge in [-0.15, -0.1) is 0 Å². The van der Waals surface area contributed by atoms with Gasteiger partial charge in [-0.2, -0.15) is 0 Å². The molecule has 2 N–H and O–H groups in total. The molecule has 1 spiro atoms. The summed E-state index contributed by atoms with van der Waals surface area (Å²) in [5.74, 6) is 3.12. The third-order valence-electron chi connectivity index (χ3n) is 12.4. The fourth-order valence-corrected chi connectivity index (χ4v) is 10.1. The molecule has 3 heteroatoms. The van der Waals surface area contributed by atoms with Crippen LogP contribution in [0.25, 0.3) is 0 Å². The Labute approximate surface area is 204 Å². The van der Waals surface area contributed by atoms with E-state index in [2.05, 4.69) is 55.4 Å². The van der Waals surface area contributed by atoms with Crippen LogP contribution in [-0.2, 0) is 4.74 Å². The predicted molar refractivity (Wildman–Crippen MR) is 136 cm³/mol. The Morgan fingerprint density at radius 3 is 2.12 bits per heavy atom. The summed E-state index contributed by atoms with van der Waals surface area (Å²) in [6.07, 6.45) is 11.8. The molecule has 1 saturated heterocycles. The highest BCUT2D eigenvalue weighted by Gasteiger charge is 2.76. The minimum Gasteiger partial charge on any atom is -0.396 e. The summed E-state index contributed by atoms with van der Waals surface area (Å²) in [4.78, 5) is 0. The second kappa shape index (κ2) is 8.48. The number of aliphatic hydroxyl groups is 2. The highest BCUT2D eigenvalue weighted by atomic mass is 16.6. The summed E-state index contributed by atoms with van der Waals surface area (Å²) in [6.45, 7) is 19.6. The Balaban J connectivity index is 1.58. The summed E-state index contributed by atoms with van der Waals surface area (Å²) in [6, 6.07) is 0. The van der Waals surface area contributed by atoms with Gasteiger partial charge >= 0.3 is 0 Å². The molecule has 4 fully saturated rings. The van der Waals surface area contributed by atoms with Gasteiger partial charge in [0.05, 0.1) is 11.7 Å². The van der Waals surface area contributed by atoms with E-state index in [1.807, 2.05) is 0 Å². The van der Waals surface area contributed by atoms with E-state index in [-0.39, 0.29) is 17.3 Å². The van der Waals surface area contributed by atoms with Gasteiger partial charge in [-0.1, -0.05) is 41.5 Å². The van der Waals surface area contributed by atoms with Gasteiger partial charge < -0.3 is 14.9 Å². The molecule has 3 aliphatic carbocycles. The Morgan fingerprint density at radius 1 is 0.879 bits per heavy atom. The molecule has 0 bridgehead atoms. The number of hydrogen-bond donors (Lipinski definition) is 2. The molecule has 4 rings (SSSR count). The van der Waals surface area contributed by atoms with E-state index >= 15 is 0 Å². The summed E-state index contributed by atoms with van der Waals surface area (Å²) in [5, 5.41) is 20.1. The molecule has 0 amide bonds. The maximum atomic E-state index is 10.4. The van der Waals surface area contributed by atoms with E-state index in [9.17, 15) is 10.2 Å². The first-order valence-electron chi connectivity index (χ1n) is 14.3. The first kappa shape index (κ1) is 26.0. The predicted octanol–water partition coefficient (Wildman–Crippen LogP) is 6.99. The van der Waals surface area contributed by atoms with Gasteiger partial charge in [0.1, 0.15) is 5.60 Å². The Kier molecular flexibility index (Phi) is 6.67. The van der Waals surface area contributed by atoms with Crippen LogP contribution in [0, 0.1) is 45.8 Å². The average Bonchev–Trinajstić information content (AvgIpc) is 3.16. The van der Waals surface area contributed by atoms with E-state index < -0.39 is 0 Å². The largest absolute Gasteiger partial charge is 0.396 e. The van der Waals surface area contributed by atoms with Crippen LogP contribution in [0.15, 0.2) is 0 Å². The van der Waals surface area contributed by atoms with Crippen molar-refractivity contribution in [2.24, 2.45) is 45.8 Å². The van der Waals surface area contributed by atoms with E-state index in [0.29, 0.717) is 40.6 Å². The van der Waals surface area contributed by atoms with Crippen LogP contribution in [0.4, 0.5) is 0 Å². The monoisotopic (exact) mass is 462 g/mol. The first-order valence-corrected chi connectivity index (χ1v) is 14.3. The number of epoxide rings is 1. The van der Waals surface area contributed by atoms with Crippen LogP contribution in [-0.4, -0.2) is 34.1 Å². The molecular formula is C30H54O3. The molecule has 0 unspecified atom stereocenters. The summed E-state index contributed by atoms with van der Waals surface area (Å²) in [7, 11) is 0. The summed E-state index contributed by atoms with van der Waals surface area (Å²) < 4.78 is 6.55. The second-order valence-corrected chi connectivity index (χ2v) is 14.4. The molecule has 0 radical (unpaired) electrons. The molecular weight excluding hydrogens is 408 g/mol. The van der Waals surface area contributed by atoms with Crippen molar-refractivity contribution in [1.29, 1.82) is 0 Å². The number of rotatable bonds is 8. The van der Waals surface area contributed by atoms with Gasteiger partial charge in [-0.05, 0) is 124 Å². The third-order valence-corrected chi connectivity index (χ3v) is 12.4. The van der Waals surface area contributed by atoms with Gasteiger partial charge in [-0.3, -0.25) is 0 Å². The highest BCUT2D eigenvalue weighted by molar-refractivity contribution is 5.24. The zero-order valence-corrected chi connectivity index (χ0v) is 23.0. The number of aliphatic hydroxyl groups excluding tert-OH is 2. The molecule has 1 aliphatic heterocycles. The van der Waals surface area contributed by atoms with Crippen LogP contribution in [0.2, 0.25) is 0 Å². The van der Waals surface area contributed by atoms with E-state index in [0.717, 1.165) is 37.5 Å². The van der Waals surface area contributed by atoms with E-state index in [1.54, 1.807) is 0 Å². The molecule has 4 aliphatic rings. The van der Waals surface area contributed by atoms with Crippen molar-refractivity contribution < 1.29 is 14.9 Å². The van der Waals surface area contributed by atoms with E-state index in [1.165, 1.54) is 38.5 Å². The molecule has 33 heavy (non-hydrogen) atoms. The zero-order valence-electron chi connectivity index (χ0n) is 23.0. The SMILES string of the molecule is CC(C)[C@H](O)CC[C@H](C)[C@@H]1CC[C@]2(C)[C@H]3CC[C@]4(OC4(C)C)[C@@H](CCCO)[C@]3(C)CC[C@@]12C. The number of hydrogen-bond acceptors (Lipinski definition) is 3. The standard InChI is InChI=1S/C30H54O3/c1-20(2)23(32)12-11-21(3)22-13-15-29(8)24-14-16-30(26(4,5)33-30)25(10-9-19-31)27(24,6)17-18-28(22,29)7/h20-25,31-32H,9-19H2,1-8H3/t21-,22-,23+,24-,25-,27+,28-,29+,30-/m0/s1. The van der Waals surface area contributed by atoms with Gasteiger partial charge in [0.25, 0.3) is 0 Å². The molecule has 3 nitrogen and oxygen atoms in total. The maximum Gasteiger partial charge on any atom is 0.101 e. The van der Waals surface area contributed by atoms with Crippen molar-refractivity contribution in [1.82, 2.24) is 0 Å². The van der Waals surface area contributed by atoms with Crippen molar-refractivity contribution in [3.05, 3.63) is 0 Å². The van der Waals surface area contributed by atoms with Gasteiger partial charge in [0.15, 0.2) is 0 Å². The number of fused-ring (bicyclic) bond motifs is 3. The smallest absolute Gasteiger partial charge is 0.101 e. The normalized spacial score (nSPS) is 47.9. The topological polar surface area (TPSA) is 53.0 Å². The Bertz CT molecular complexity index is 717. The van der Waals surface area contributed by atoms with Gasteiger partial charge in [-0.25, -0.2) is 0 Å². The van der Waals surface area contributed by atoms with Crippen molar-refractivity contribution >= 4 is 0 Å². The zero-order chi connectivity index (χ0) is 24.4. The quantitative estimate of drug-likeness (QED) is 0.382. The minimum atomic E-state index is -0.161. The van der Waals surface area contributed by atoms with Crippen LogP contribution in [0.3, 0.4) is 0 Å². The third kappa shape index (κ3) is 3.69. The Morgan fingerprint density at radius 2 is 1.55 bits per heavy atom. The molecule has 0 aromatic rings. The van der Waals surface area contributed by atoms with Crippen LogP contribution in [0.5, 0.6) is 0 Å².